The van der Waals surface area contributed by atoms with E-state index >= 15 is 0 Å². The number of nitrogens with zero attached hydrogens (tertiary/aromatic N) is 1. The Morgan fingerprint density at radius 3 is 2.11 bits per heavy atom. The number of amides is 2. The zero-order chi connectivity index (χ0) is 19.3. The Kier molecular flexibility index (Phi) is 5.79. The summed E-state index contributed by atoms with van der Waals surface area (Å²) in [4.78, 5) is 25.4. The fourth-order valence-corrected chi connectivity index (χ4v) is 3.64. The van der Waals surface area contributed by atoms with Crippen LogP contribution in [0.1, 0.15) is 36.8 Å². The van der Waals surface area contributed by atoms with Crippen LogP contribution < -0.4 is 5.32 Å². The molecular weight excluding hydrogens is 340 g/mol. The highest BCUT2D eigenvalue weighted by molar-refractivity contribution is 5.79. The van der Waals surface area contributed by atoms with Gasteiger partial charge in [0.2, 0.25) is 0 Å². The number of carbonyl (C=O) groups excluding carboxylic acids is 1. The van der Waals surface area contributed by atoms with Gasteiger partial charge in [-0.15, -0.1) is 0 Å². The average molecular weight is 366 g/mol. The molecule has 2 aromatic carbocycles. The second-order valence-corrected chi connectivity index (χ2v) is 7.43. The summed E-state index contributed by atoms with van der Waals surface area (Å²) in [5.41, 5.74) is 1.60. The number of carboxylic acids is 1. The quantitative estimate of drug-likeness (QED) is 0.819. The van der Waals surface area contributed by atoms with E-state index in [1.54, 1.807) is 11.8 Å². The van der Waals surface area contributed by atoms with E-state index in [0.29, 0.717) is 19.5 Å². The minimum absolute atomic E-state index is 0.181. The maximum absolute atomic E-state index is 12.4. The van der Waals surface area contributed by atoms with Gasteiger partial charge in [-0.25, -0.2) is 4.79 Å². The first-order valence-corrected chi connectivity index (χ1v) is 9.36. The Balaban J connectivity index is 1.60. The van der Waals surface area contributed by atoms with Crippen molar-refractivity contribution in [1.82, 2.24) is 10.2 Å². The van der Waals surface area contributed by atoms with Crippen molar-refractivity contribution in [2.45, 2.75) is 25.7 Å². The number of nitrogens with one attached hydrogen (secondary N) is 1. The molecular formula is C22H26N2O3. The van der Waals surface area contributed by atoms with Crippen molar-refractivity contribution in [1.29, 1.82) is 0 Å². The van der Waals surface area contributed by atoms with E-state index in [2.05, 4.69) is 29.6 Å². The van der Waals surface area contributed by atoms with Crippen molar-refractivity contribution in [2.75, 3.05) is 19.6 Å². The molecule has 1 heterocycles. The highest BCUT2D eigenvalue weighted by atomic mass is 16.4. The number of carboxylic acid groups (broad SMARTS) is 1. The summed E-state index contributed by atoms with van der Waals surface area (Å²) in [7, 11) is 0. The molecule has 142 valence electrons. The van der Waals surface area contributed by atoms with Crippen LogP contribution in [0.25, 0.3) is 0 Å². The maximum Gasteiger partial charge on any atom is 0.317 e. The van der Waals surface area contributed by atoms with Crippen LogP contribution in [0.2, 0.25) is 0 Å². The molecule has 1 fully saturated rings. The monoisotopic (exact) mass is 366 g/mol. The standard InChI is InChI=1S/C22H26N2O3/c1-22(20(25)26)13-15-24(16-22)21(27)23-14-12-19(17-8-4-2-5-9-17)18-10-6-3-7-11-18/h2-11,19H,12-16H2,1H3,(H,23,27)(H,25,26). The number of rotatable bonds is 6. The van der Waals surface area contributed by atoms with Gasteiger partial charge in [-0.2, -0.15) is 0 Å². The molecule has 0 saturated carbocycles. The summed E-state index contributed by atoms with van der Waals surface area (Å²) in [6.07, 6.45) is 1.27. The van der Waals surface area contributed by atoms with Crippen molar-refractivity contribution in [3.05, 3.63) is 71.8 Å². The summed E-state index contributed by atoms with van der Waals surface area (Å²) in [6.45, 7) is 2.97. The zero-order valence-electron chi connectivity index (χ0n) is 15.6. The van der Waals surface area contributed by atoms with Gasteiger partial charge in [0.05, 0.1) is 5.41 Å². The van der Waals surface area contributed by atoms with Crippen molar-refractivity contribution >= 4 is 12.0 Å². The molecule has 2 N–H and O–H groups in total. The predicted octanol–water partition coefficient (Wildman–Crippen LogP) is 3.71. The Morgan fingerprint density at radius 1 is 1.07 bits per heavy atom. The minimum atomic E-state index is -0.842. The Bertz CT molecular complexity index is 739. The molecule has 1 unspecified atom stereocenters. The van der Waals surface area contributed by atoms with Gasteiger partial charge in [-0.3, -0.25) is 4.79 Å². The van der Waals surface area contributed by atoms with Crippen molar-refractivity contribution in [2.24, 2.45) is 5.41 Å². The van der Waals surface area contributed by atoms with Gasteiger partial charge in [-0.1, -0.05) is 60.7 Å². The molecule has 2 aromatic rings. The number of urea groups is 1. The van der Waals surface area contributed by atoms with Gasteiger partial charge in [0.25, 0.3) is 0 Å². The Hall–Kier alpha value is -2.82. The fraction of sp³-hybridized carbons (Fsp3) is 0.364. The molecule has 2 amide bonds. The third-order valence-corrected chi connectivity index (χ3v) is 5.39. The average Bonchev–Trinajstić information content (AvgIpc) is 3.10. The number of hydrogen-bond acceptors (Lipinski definition) is 2. The number of aliphatic carboxylic acids is 1. The minimum Gasteiger partial charge on any atom is -0.481 e. The van der Waals surface area contributed by atoms with E-state index in [4.69, 9.17) is 0 Å². The van der Waals surface area contributed by atoms with Crippen molar-refractivity contribution in [3.8, 4) is 0 Å². The molecule has 1 aliphatic heterocycles. The topological polar surface area (TPSA) is 69.6 Å². The van der Waals surface area contributed by atoms with Crippen molar-refractivity contribution in [3.63, 3.8) is 0 Å². The first-order chi connectivity index (χ1) is 13.0. The second kappa shape index (κ2) is 8.25. The lowest BCUT2D eigenvalue weighted by Gasteiger charge is -2.22. The summed E-state index contributed by atoms with van der Waals surface area (Å²) in [5.74, 6) is -0.637. The van der Waals surface area contributed by atoms with Gasteiger partial charge < -0.3 is 15.3 Å². The predicted molar refractivity (Wildman–Crippen MR) is 105 cm³/mol. The molecule has 3 rings (SSSR count). The molecule has 27 heavy (non-hydrogen) atoms. The number of carbonyl (C=O) groups is 2. The van der Waals surface area contributed by atoms with Crippen LogP contribution >= 0.6 is 0 Å². The molecule has 0 bridgehead atoms. The van der Waals surface area contributed by atoms with Gasteiger partial charge in [-0.05, 0) is 30.9 Å². The summed E-state index contributed by atoms with van der Waals surface area (Å²) >= 11 is 0. The molecule has 0 aliphatic carbocycles. The van der Waals surface area contributed by atoms with E-state index in [0.717, 1.165) is 6.42 Å². The van der Waals surface area contributed by atoms with Crippen LogP contribution in [-0.4, -0.2) is 41.6 Å². The van der Waals surface area contributed by atoms with Gasteiger partial charge in [0, 0.05) is 25.6 Å². The first-order valence-electron chi connectivity index (χ1n) is 9.36. The normalized spacial score (nSPS) is 19.3. The van der Waals surface area contributed by atoms with Crippen LogP contribution in [0.15, 0.2) is 60.7 Å². The van der Waals surface area contributed by atoms with E-state index in [-0.39, 0.29) is 18.5 Å². The van der Waals surface area contributed by atoms with Crippen molar-refractivity contribution < 1.29 is 14.7 Å². The maximum atomic E-state index is 12.4. The molecule has 1 aliphatic rings. The van der Waals surface area contributed by atoms with E-state index in [1.165, 1.54) is 11.1 Å². The van der Waals surface area contributed by atoms with Gasteiger partial charge in [0.15, 0.2) is 0 Å². The molecule has 0 aromatic heterocycles. The highest BCUT2D eigenvalue weighted by Crippen LogP contribution is 2.30. The van der Waals surface area contributed by atoms with E-state index < -0.39 is 11.4 Å². The fourth-order valence-electron chi connectivity index (χ4n) is 3.64. The van der Waals surface area contributed by atoms with Crippen LogP contribution in [0.3, 0.4) is 0 Å². The molecule has 5 nitrogen and oxygen atoms in total. The van der Waals surface area contributed by atoms with E-state index in [1.807, 2.05) is 36.4 Å². The molecule has 0 spiro atoms. The summed E-state index contributed by atoms with van der Waals surface area (Å²) < 4.78 is 0. The lowest BCUT2D eigenvalue weighted by Crippen LogP contribution is -2.41. The third kappa shape index (κ3) is 4.48. The first kappa shape index (κ1) is 19.0. The third-order valence-electron chi connectivity index (χ3n) is 5.39. The lowest BCUT2D eigenvalue weighted by atomic mass is 9.88. The second-order valence-electron chi connectivity index (χ2n) is 7.43. The van der Waals surface area contributed by atoms with Gasteiger partial charge in [0.1, 0.15) is 0 Å². The van der Waals surface area contributed by atoms with Gasteiger partial charge >= 0.3 is 12.0 Å². The lowest BCUT2D eigenvalue weighted by molar-refractivity contribution is -0.146. The Labute approximate surface area is 160 Å². The molecule has 5 heteroatoms. The summed E-state index contributed by atoms with van der Waals surface area (Å²) in [5, 5.41) is 12.3. The summed E-state index contributed by atoms with van der Waals surface area (Å²) in [6, 6.07) is 20.4. The number of hydrogen-bond donors (Lipinski definition) is 2. The SMILES string of the molecule is CC1(C(=O)O)CCN(C(=O)NCCC(c2ccccc2)c2ccccc2)C1. The molecule has 1 saturated heterocycles. The Morgan fingerprint density at radius 2 is 1.63 bits per heavy atom. The van der Waals surface area contributed by atoms with E-state index in [9.17, 15) is 14.7 Å². The largest absolute Gasteiger partial charge is 0.481 e. The molecule has 0 radical (unpaired) electrons. The smallest absolute Gasteiger partial charge is 0.317 e. The number of likely N-dealkylation sites (tertiary alicyclic amines) is 1. The highest BCUT2D eigenvalue weighted by Gasteiger charge is 2.42. The zero-order valence-corrected chi connectivity index (χ0v) is 15.6. The number of benzene rings is 2. The van der Waals surface area contributed by atoms with Crippen LogP contribution in [0, 0.1) is 5.41 Å². The van der Waals surface area contributed by atoms with Crippen LogP contribution in [-0.2, 0) is 4.79 Å². The molecule has 1 atom stereocenters. The van der Waals surface area contributed by atoms with Crippen LogP contribution in [0.4, 0.5) is 4.79 Å². The van der Waals surface area contributed by atoms with Crippen LogP contribution in [0.5, 0.6) is 0 Å².